The second-order valence-corrected chi connectivity index (χ2v) is 4.56. The summed E-state index contributed by atoms with van der Waals surface area (Å²) in [6, 6.07) is 8.73. The van der Waals surface area contributed by atoms with Crippen LogP contribution in [0.5, 0.6) is 0 Å². The van der Waals surface area contributed by atoms with Crippen LogP contribution in [0.2, 0.25) is 0 Å². The number of aromatic nitrogens is 1. The molecule has 0 saturated carbocycles. The molecule has 0 saturated heterocycles. The van der Waals surface area contributed by atoms with Gasteiger partial charge >= 0.3 is 0 Å². The smallest absolute Gasteiger partial charge is 0.132 e. The highest BCUT2D eigenvalue weighted by atomic mass is 32.1. The summed E-state index contributed by atoms with van der Waals surface area (Å²) in [5.74, 6) is -0.249. The van der Waals surface area contributed by atoms with Gasteiger partial charge in [-0.05, 0) is 18.6 Å². The Morgan fingerprint density at radius 3 is 2.94 bits per heavy atom. The normalized spacial score (nSPS) is 10.1. The standard InChI is InChI=1S/C13H11FN2S/c14-11-6-2-1-5-10(11)12-9-17-13(16-12)7-3-4-8-15/h1-2,5-6,9H,3-4,7H2. The van der Waals surface area contributed by atoms with Crippen LogP contribution < -0.4 is 0 Å². The van der Waals surface area contributed by atoms with Crippen LogP contribution in [0.3, 0.4) is 0 Å². The van der Waals surface area contributed by atoms with Gasteiger partial charge in [-0.25, -0.2) is 9.37 Å². The fraction of sp³-hybridized carbons (Fsp3) is 0.231. The van der Waals surface area contributed by atoms with Crippen LogP contribution in [0.1, 0.15) is 17.8 Å². The third kappa shape index (κ3) is 2.89. The molecular formula is C13H11FN2S. The minimum absolute atomic E-state index is 0.249. The van der Waals surface area contributed by atoms with Crippen LogP contribution in [-0.4, -0.2) is 4.98 Å². The molecule has 0 unspecified atom stereocenters. The summed E-state index contributed by atoms with van der Waals surface area (Å²) in [5, 5.41) is 11.3. The van der Waals surface area contributed by atoms with E-state index in [0.29, 0.717) is 17.7 Å². The molecule has 4 heteroatoms. The molecule has 0 bridgehead atoms. The largest absolute Gasteiger partial charge is 0.241 e. The van der Waals surface area contributed by atoms with Crippen LogP contribution in [0.4, 0.5) is 4.39 Å². The van der Waals surface area contributed by atoms with Crippen molar-refractivity contribution in [1.82, 2.24) is 4.98 Å². The molecule has 17 heavy (non-hydrogen) atoms. The molecule has 2 aromatic rings. The van der Waals surface area contributed by atoms with E-state index in [9.17, 15) is 4.39 Å². The molecule has 86 valence electrons. The molecule has 0 fully saturated rings. The zero-order chi connectivity index (χ0) is 12.1. The van der Waals surface area contributed by atoms with E-state index in [4.69, 9.17) is 5.26 Å². The lowest BCUT2D eigenvalue weighted by atomic mass is 10.1. The van der Waals surface area contributed by atoms with E-state index in [1.165, 1.54) is 17.4 Å². The van der Waals surface area contributed by atoms with Crippen molar-refractivity contribution in [3.8, 4) is 17.3 Å². The Balaban J connectivity index is 2.14. The summed E-state index contributed by atoms with van der Waals surface area (Å²) in [6.07, 6.45) is 2.13. The average Bonchev–Trinajstić information content (AvgIpc) is 2.79. The van der Waals surface area contributed by atoms with Crippen LogP contribution in [0.15, 0.2) is 29.6 Å². The molecule has 0 atom stereocenters. The first-order valence-electron chi connectivity index (χ1n) is 5.37. The van der Waals surface area contributed by atoms with Crippen molar-refractivity contribution in [3.63, 3.8) is 0 Å². The van der Waals surface area contributed by atoms with Gasteiger partial charge in [0.05, 0.1) is 16.8 Å². The number of hydrogen-bond acceptors (Lipinski definition) is 3. The number of hydrogen-bond donors (Lipinski definition) is 0. The third-order valence-corrected chi connectivity index (χ3v) is 3.29. The first-order chi connectivity index (χ1) is 8.31. The molecule has 0 aliphatic rings. The fourth-order valence-electron chi connectivity index (χ4n) is 1.54. The van der Waals surface area contributed by atoms with Crippen molar-refractivity contribution in [2.75, 3.05) is 0 Å². The molecule has 1 heterocycles. The molecule has 0 aliphatic heterocycles. The first-order valence-corrected chi connectivity index (χ1v) is 6.25. The summed E-state index contributed by atoms with van der Waals surface area (Å²) in [7, 11) is 0. The molecule has 1 aromatic carbocycles. The second-order valence-electron chi connectivity index (χ2n) is 3.62. The van der Waals surface area contributed by atoms with Crippen LogP contribution in [0.25, 0.3) is 11.3 Å². The molecular weight excluding hydrogens is 235 g/mol. The monoisotopic (exact) mass is 246 g/mol. The molecule has 0 radical (unpaired) electrons. The van der Waals surface area contributed by atoms with Gasteiger partial charge in [-0.3, -0.25) is 0 Å². The predicted molar refractivity (Wildman–Crippen MR) is 66.1 cm³/mol. The maximum absolute atomic E-state index is 13.5. The molecule has 2 rings (SSSR count). The van der Waals surface area contributed by atoms with E-state index in [2.05, 4.69) is 11.1 Å². The Morgan fingerprint density at radius 2 is 2.18 bits per heavy atom. The van der Waals surface area contributed by atoms with Gasteiger partial charge in [0.25, 0.3) is 0 Å². The van der Waals surface area contributed by atoms with Crippen molar-refractivity contribution in [2.45, 2.75) is 19.3 Å². The first kappa shape index (κ1) is 11.7. The minimum Gasteiger partial charge on any atom is -0.241 e. The Bertz CT molecular complexity index is 542. The Hall–Kier alpha value is -1.73. The van der Waals surface area contributed by atoms with E-state index < -0.39 is 0 Å². The van der Waals surface area contributed by atoms with Gasteiger partial charge in [0.1, 0.15) is 5.82 Å². The van der Waals surface area contributed by atoms with Gasteiger partial charge in [-0.2, -0.15) is 5.26 Å². The summed E-state index contributed by atoms with van der Waals surface area (Å²) >= 11 is 1.52. The SMILES string of the molecule is N#CCCCc1nc(-c2ccccc2F)cs1. The number of thiazole rings is 1. The van der Waals surface area contributed by atoms with Crippen molar-refractivity contribution in [2.24, 2.45) is 0 Å². The number of rotatable bonds is 4. The summed E-state index contributed by atoms with van der Waals surface area (Å²) in [5.41, 5.74) is 1.22. The molecule has 0 aliphatic carbocycles. The molecule has 0 amide bonds. The lowest BCUT2D eigenvalue weighted by Crippen LogP contribution is -1.86. The highest BCUT2D eigenvalue weighted by molar-refractivity contribution is 7.09. The minimum atomic E-state index is -0.249. The van der Waals surface area contributed by atoms with Gasteiger partial charge in [0, 0.05) is 23.8 Å². The van der Waals surface area contributed by atoms with E-state index in [1.54, 1.807) is 18.2 Å². The zero-order valence-electron chi connectivity index (χ0n) is 9.19. The lowest BCUT2D eigenvalue weighted by Gasteiger charge is -1.97. The van der Waals surface area contributed by atoms with Gasteiger partial charge in [0.15, 0.2) is 0 Å². The highest BCUT2D eigenvalue weighted by Gasteiger charge is 2.08. The van der Waals surface area contributed by atoms with Crippen molar-refractivity contribution in [1.29, 1.82) is 5.26 Å². The van der Waals surface area contributed by atoms with Crippen LogP contribution in [-0.2, 0) is 6.42 Å². The van der Waals surface area contributed by atoms with Gasteiger partial charge in [-0.15, -0.1) is 11.3 Å². The molecule has 1 aromatic heterocycles. The van der Waals surface area contributed by atoms with E-state index in [-0.39, 0.29) is 5.82 Å². The van der Waals surface area contributed by atoms with Crippen LogP contribution >= 0.6 is 11.3 Å². The maximum atomic E-state index is 13.5. The van der Waals surface area contributed by atoms with E-state index in [1.807, 2.05) is 5.38 Å². The Morgan fingerprint density at radius 1 is 1.35 bits per heavy atom. The molecule has 2 nitrogen and oxygen atoms in total. The van der Waals surface area contributed by atoms with E-state index >= 15 is 0 Å². The highest BCUT2D eigenvalue weighted by Crippen LogP contribution is 2.24. The third-order valence-electron chi connectivity index (χ3n) is 2.38. The second kappa shape index (κ2) is 5.55. The Kier molecular flexibility index (Phi) is 3.84. The summed E-state index contributed by atoms with van der Waals surface area (Å²) in [4.78, 5) is 4.38. The van der Waals surface area contributed by atoms with Gasteiger partial charge in [0.2, 0.25) is 0 Å². The molecule has 0 spiro atoms. The molecule has 0 N–H and O–H groups in total. The predicted octanol–water partition coefficient (Wildman–Crippen LogP) is 3.80. The van der Waals surface area contributed by atoms with Crippen molar-refractivity contribution < 1.29 is 4.39 Å². The number of nitrogens with zero attached hydrogens (tertiary/aromatic N) is 2. The van der Waals surface area contributed by atoms with Crippen LogP contribution in [0, 0.1) is 17.1 Å². The van der Waals surface area contributed by atoms with Gasteiger partial charge in [-0.1, -0.05) is 12.1 Å². The number of nitriles is 1. The summed E-state index contributed by atoms with van der Waals surface area (Å²) < 4.78 is 13.5. The summed E-state index contributed by atoms with van der Waals surface area (Å²) in [6.45, 7) is 0. The zero-order valence-corrected chi connectivity index (χ0v) is 10.0. The van der Waals surface area contributed by atoms with E-state index in [0.717, 1.165) is 17.8 Å². The van der Waals surface area contributed by atoms with Crippen molar-refractivity contribution >= 4 is 11.3 Å². The maximum Gasteiger partial charge on any atom is 0.132 e. The quantitative estimate of drug-likeness (QED) is 0.769. The number of unbranched alkanes of at least 4 members (excludes halogenated alkanes) is 1. The number of aryl methyl sites for hydroxylation is 1. The lowest BCUT2D eigenvalue weighted by molar-refractivity contribution is 0.631. The number of benzene rings is 1. The number of halogens is 1. The topological polar surface area (TPSA) is 36.7 Å². The Labute approximate surface area is 103 Å². The average molecular weight is 246 g/mol. The fourth-order valence-corrected chi connectivity index (χ4v) is 2.38. The van der Waals surface area contributed by atoms with Crippen molar-refractivity contribution in [3.05, 3.63) is 40.5 Å². The van der Waals surface area contributed by atoms with Gasteiger partial charge < -0.3 is 0 Å².